The van der Waals surface area contributed by atoms with Gasteiger partial charge in [-0.1, -0.05) is 0 Å². The number of halogens is 2. The zero-order valence-corrected chi connectivity index (χ0v) is 22.3. The van der Waals surface area contributed by atoms with Crippen molar-refractivity contribution >= 4 is 22.5 Å². The minimum atomic E-state index is -0.917. The van der Waals surface area contributed by atoms with Crippen LogP contribution in [0.15, 0.2) is 76.6 Å². The van der Waals surface area contributed by atoms with E-state index in [1.54, 1.807) is 25.1 Å². The number of carbonyl (C=O) groups excluding carboxylic acids is 1. The van der Waals surface area contributed by atoms with E-state index in [0.29, 0.717) is 46.9 Å². The number of ether oxygens (including phenoxy) is 3. The van der Waals surface area contributed by atoms with E-state index in [-0.39, 0.29) is 22.7 Å². The highest BCUT2D eigenvalue weighted by molar-refractivity contribution is 6.04. The predicted molar refractivity (Wildman–Crippen MR) is 149 cm³/mol. The van der Waals surface area contributed by atoms with Gasteiger partial charge in [0.05, 0.1) is 16.6 Å². The Morgan fingerprint density at radius 1 is 1.00 bits per heavy atom. The van der Waals surface area contributed by atoms with Crippen molar-refractivity contribution in [3.05, 3.63) is 111 Å². The number of anilines is 1. The van der Waals surface area contributed by atoms with Crippen LogP contribution in [0.1, 0.15) is 15.9 Å². The van der Waals surface area contributed by atoms with Gasteiger partial charge in [0.1, 0.15) is 30.3 Å². The maximum Gasteiger partial charge on any atom is 0.335 e. The van der Waals surface area contributed by atoms with Gasteiger partial charge in [-0.3, -0.25) is 14.6 Å². The summed E-state index contributed by atoms with van der Waals surface area (Å²) in [6.45, 7) is 2.37. The Bertz CT molecular complexity index is 2000. The highest BCUT2D eigenvalue weighted by Gasteiger charge is 2.22. The lowest BCUT2D eigenvalue weighted by atomic mass is 10.1. The molecule has 3 aromatic carbocycles. The second-order valence-corrected chi connectivity index (χ2v) is 9.50. The second kappa shape index (κ2) is 10.5. The van der Waals surface area contributed by atoms with Crippen molar-refractivity contribution in [2.75, 3.05) is 18.5 Å². The predicted octanol–water partition coefficient (Wildman–Crippen LogP) is 4.49. The summed E-state index contributed by atoms with van der Waals surface area (Å²) in [6, 6.07) is 12.2. The van der Waals surface area contributed by atoms with Crippen LogP contribution in [-0.4, -0.2) is 33.2 Å². The summed E-state index contributed by atoms with van der Waals surface area (Å²) in [6.07, 6.45) is 2.61. The molecule has 0 aliphatic carbocycles. The summed E-state index contributed by atoms with van der Waals surface area (Å²) < 4.78 is 47.9. The zero-order valence-electron chi connectivity index (χ0n) is 22.3. The van der Waals surface area contributed by atoms with Crippen LogP contribution in [-0.2, 0) is 7.05 Å². The molecule has 1 amide bonds. The van der Waals surface area contributed by atoms with E-state index < -0.39 is 28.8 Å². The molecule has 10 nitrogen and oxygen atoms in total. The highest BCUT2D eigenvalue weighted by Crippen LogP contribution is 2.43. The molecule has 0 bridgehead atoms. The third-order valence-electron chi connectivity index (χ3n) is 6.70. The van der Waals surface area contributed by atoms with Gasteiger partial charge >= 0.3 is 5.69 Å². The summed E-state index contributed by atoms with van der Waals surface area (Å²) in [7, 11) is 1.37. The first-order valence-corrected chi connectivity index (χ1v) is 12.8. The van der Waals surface area contributed by atoms with Crippen molar-refractivity contribution in [3.63, 3.8) is 0 Å². The number of pyridine rings is 1. The number of carbonyl (C=O) groups is 1. The second-order valence-electron chi connectivity index (χ2n) is 9.50. The minimum absolute atomic E-state index is 0.0835. The molecule has 0 atom stereocenters. The molecular formula is C30H22F2N4O6. The Kier molecular flexibility index (Phi) is 6.65. The lowest BCUT2D eigenvalue weighted by Gasteiger charge is -2.21. The van der Waals surface area contributed by atoms with Crippen molar-refractivity contribution in [1.82, 2.24) is 14.1 Å². The Balaban J connectivity index is 1.32. The van der Waals surface area contributed by atoms with Crippen LogP contribution in [0.4, 0.5) is 14.5 Å². The third-order valence-corrected chi connectivity index (χ3v) is 6.70. The summed E-state index contributed by atoms with van der Waals surface area (Å²) in [5, 5.41) is 3.06. The quantitative estimate of drug-likeness (QED) is 0.330. The number of aryl methyl sites for hydroxylation is 2. The molecule has 6 rings (SSSR count). The number of benzene rings is 3. The summed E-state index contributed by atoms with van der Waals surface area (Å²) >= 11 is 0. The van der Waals surface area contributed by atoms with Crippen molar-refractivity contribution < 1.29 is 27.8 Å². The standard InChI is InChI=1S/C30H22F2N4O6/c1-16-13-25(42-23-9-10-33-21-7-8-24-27(26(21)23)41-12-11-40-24)20(32)14-22(16)34-28(37)19-15-35(2)30(39)36(29(19)38)18-5-3-17(31)4-6-18/h3-10,13-15H,11-12H2,1-2H3,(H,34,37). The first-order chi connectivity index (χ1) is 20.2. The topological polar surface area (TPSA) is 114 Å². The van der Waals surface area contributed by atoms with Gasteiger partial charge in [-0.2, -0.15) is 0 Å². The summed E-state index contributed by atoms with van der Waals surface area (Å²) in [5.41, 5.74) is -0.850. The van der Waals surface area contributed by atoms with Gasteiger partial charge in [0.25, 0.3) is 11.5 Å². The Morgan fingerprint density at radius 2 is 1.76 bits per heavy atom. The van der Waals surface area contributed by atoms with Crippen LogP contribution in [0.3, 0.4) is 0 Å². The SMILES string of the molecule is Cc1cc(Oc2ccnc3ccc4c(c23)OCCO4)c(F)cc1NC(=O)c1cn(C)c(=O)n(-c2ccc(F)cc2)c1=O. The van der Waals surface area contributed by atoms with Crippen molar-refractivity contribution in [2.24, 2.45) is 7.05 Å². The van der Waals surface area contributed by atoms with Gasteiger partial charge in [0.2, 0.25) is 0 Å². The van der Waals surface area contributed by atoms with Gasteiger partial charge in [0, 0.05) is 31.2 Å². The molecule has 0 spiro atoms. The molecule has 12 heteroatoms. The first-order valence-electron chi connectivity index (χ1n) is 12.8. The largest absolute Gasteiger partial charge is 0.486 e. The average Bonchev–Trinajstić information content (AvgIpc) is 2.98. The van der Waals surface area contributed by atoms with Gasteiger partial charge in [-0.25, -0.2) is 18.1 Å². The van der Waals surface area contributed by atoms with Gasteiger partial charge in [-0.15, -0.1) is 0 Å². The van der Waals surface area contributed by atoms with Crippen molar-refractivity contribution in [2.45, 2.75) is 6.92 Å². The number of nitrogens with zero attached hydrogens (tertiary/aromatic N) is 3. The minimum Gasteiger partial charge on any atom is -0.486 e. The van der Waals surface area contributed by atoms with Crippen LogP contribution in [0.5, 0.6) is 23.0 Å². The van der Waals surface area contributed by atoms with Gasteiger partial charge in [-0.05, 0) is 61.0 Å². The van der Waals surface area contributed by atoms with Crippen LogP contribution < -0.4 is 30.8 Å². The molecule has 2 aromatic heterocycles. The Hall–Kier alpha value is -5.52. The van der Waals surface area contributed by atoms with E-state index in [1.807, 2.05) is 0 Å². The third kappa shape index (κ3) is 4.72. The maximum absolute atomic E-state index is 15.3. The van der Waals surface area contributed by atoms with E-state index in [0.717, 1.165) is 33.5 Å². The fraction of sp³-hybridized carbons (Fsp3) is 0.133. The number of amides is 1. The molecule has 212 valence electrons. The molecule has 1 aliphatic heterocycles. The molecule has 3 heterocycles. The first kappa shape index (κ1) is 26.7. The summed E-state index contributed by atoms with van der Waals surface area (Å²) in [4.78, 5) is 43.3. The number of nitrogens with one attached hydrogen (secondary N) is 1. The molecule has 1 N–H and O–H groups in total. The lowest BCUT2D eigenvalue weighted by molar-refractivity contribution is 0.102. The van der Waals surface area contributed by atoms with Gasteiger partial charge in [0.15, 0.2) is 23.1 Å². The lowest BCUT2D eigenvalue weighted by Crippen LogP contribution is -2.41. The van der Waals surface area contributed by atoms with Crippen molar-refractivity contribution in [3.8, 4) is 28.7 Å². The molecule has 0 radical (unpaired) electrons. The van der Waals surface area contributed by atoms with Crippen LogP contribution in [0, 0.1) is 18.6 Å². The maximum atomic E-state index is 15.3. The smallest absolute Gasteiger partial charge is 0.335 e. The fourth-order valence-electron chi connectivity index (χ4n) is 4.62. The number of rotatable bonds is 5. The highest BCUT2D eigenvalue weighted by atomic mass is 19.1. The van der Waals surface area contributed by atoms with E-state index in [1.165, 1.54) is 31.4 Å². The fourth-order valence-corrected chi connectivity index (χ4v) is 4.62. The molecule has 0 unspecified atom stereocenters. The average molecular weight is 573 g/mol. The van der Waals surface area contributed by atoms with Crippen LogP contribution in [0.25, 0.3) is 16.6 Å². The molecular weight excluding hydrogens is 550 g/mol. The van der Waals surface area contributed by atoms with Gasteiger partial charge < -0.3 is 24.1 Å². The normalized spacial score (nSPS) is 12.3. The van der Waals surface area contributed by atoms with Crippen molar-refractivity contribution in [1.29, 1.82) is 0 Å². The van der Waals surface area contributed by atoms with E-state index in [2.05, 4.69) is 10.3 Å². The number of hydrogen-bond acceptors (Lipinski definition) is 7. The monoisotopic (exact) mass is 572 g/mol. The number of hydrogen-bond donors (Lipinski definition) is 1. The molecule has 0 saturated heterocycles. The van der Waals surface area contributed by atoms with E-state index >= 15 is 4.39 Å². The molecule has 42 heavy (non-hydrogen) atoms. The summed E-state index contributed by atoms with van der Waals surface area (Å²) in [5.74, 6) is -1.05. The Labute approximate surface area is 236 Å². The van der Waals surface area contributed by atoms with E-state index in [4.69, 9.17) is 14.2 Å². The molecule has 1 aliphatic rings. The molecule has 0 fully saturated rings. The van der Waals surface area contributed by atoms with Crippen LogP contribution in [0.2, 0.25) is 0 Å². The molecule has 0 saturated carbocycles. The zero-order chi connectivity index (χ0) is 29.5. The van der Waals surface area contributed by atoms with E-state index in [9.17, 15) is 18.8 Å². The molecule has 5 aromatic rings. The number of fused-ring (bicyclic) bond motifs is 3. The Morgan fingerprint density at radius 3 is 2.55 bits per heavy atom. The number of aromatic nitrogens is 3. The van der Waals surface area contributed by atoms with Crippen LogP contribution >= 0.6 is 0 Å².